The molecule has 0 aliphatic carbocycles. The van der Waals surface area contributed by atoms with Crippen molar-refractivity contribution >= 4 is 10.0 Å². The largest absolute Gasteiger partial charge is 0.507 e. The molecule has 170 valence electrons. The molecule has 0 spiro atoms. The molecule has 0 aliphatic rings. The summed E-state index contributed by atoms with van der Waals surface area (Å²) in [6, 6.07) is 16.9. The molecule has 0 radical (unpaired) electrons. The fourth-order valence-corrected chi connectivity index (χ4v) is 4.81. The second kappa shape index (κ2) is 8.68. The van der Waals surface area contributed by atoms with Crippen molar-refractivity contribution in [1.82, 2.24) is 14.1 Å². The van der Waals surface area contributed by atoms with E-state index < -0.39 is 21.6 Å². The molecule has 3 aromatic carbocycles. The number of phenolic OH excluding ortho intramolecular Hbond substituents is 2. The molecule has 1 aromatic heterocycles. The van der Waals surface area contributed by atoms with E-state index in [0.717, 1.165) is 21.6 Å². The van der Waals surface area contributed by atoms with Gasteiger partial charge in [-0.25, -0.2) is 17.5 Å². The van der Waals surface area contributed by atoms with Crippen LogP contribution in [0.1, 0.15) is 11.1 Å². The SMILES string of the molecule is Cc1ccccc1-n1nccc1-c1cc(S(=O)(=O)N(C)Cc2ccc(F)cc2)c(O)cc1O. The number of benzene rings is 3. The summed E-state index contributed by atoms with van der Waals surface area (Å²) in [5.74, 6) is -1.29. The minimum atomic E-state index is -4.15. The Kier molecular flexibility index (Phi) is 5.92. The zero-order valence-corrected chi connectivity index (χ0v) is 18.8. The highest BCUT2D eigenvalue weighted by molar-refractivity contribution is 7.89. The molecule has 4 aromatic rings. The fourth-order valence-electron chi connectivity index (χ4n) is 3.57. The minimum absolute atomic E-state index is 0.0284. The summed E-state index contributed by atoms with van der Waals surface area (Å²) in [4.78, 5) is -0.363. The second-order valence-electron chi connectivity index (χ2n) is 7.64. The van der Waals surface area contributed by atoms with Crippen LogP contribution in [0.5, 0.6) is 11.5 Å². The zero-order chi connectivity index (χ0) is 23.8. The third-order valence-electron chi connectivity index (χ3n) is 5.35. The smallest absolute Gasteiger partial charge is 0.246 e. The molecule has 0 amide bonds. The number of aromatic nitrogens is 2. The van der Waals surface area contributed by atoms with Crippen LogP contribution in [-0.4, -0.2) is 39.8 Å². The Morgan fingerprint density at radius 3 is 2.39 bits per heavy atom. The average Bonchev–Trinajstić information content (AvgIpc) is 3.24. The standard InChI is InChI=1S/C24H22FN3O4S/c1-16-5-3-4-6-20(16)28-21(11-12-26-28)19-13-24(23(30)14-22(19)29)33(31,32)27(2)15-17-7-9-18(25)10-8-17/h3-14,29-30H,15H2,1-2H3. The van der Waals surface area contributed by atoms with E-state index >= 15 is 0 Å². The molecule has 0 saturated heterocycles. The van der Waals surface area contributed by atoms with Crippen molar-refractivity contribution in [2.75, 3.05) is 7.05 Å². The van der Waals surface area contributed by atoms with Crippen molar-refractivity contribution in [3.8, 4) is 28.4 Å². The van der Waals surface area contributed by atoms with Crippen LogP contribution in [0.25, 0.3) is 16.9 Å². The fraction of sp³-hybridized carbons (Fsp3) is 0.125. The van der Waals surface area contributed by atoms with Crippen molar-refractivity contribution in [3.63, 3.8) is 0 Å². The number of para-hydroxylation sites is 1. The lowest BCUT2D eigenvalue weighted by atomic mass is 10.1. The number of nitrogens with zero attached hydrogens (tertiary/aromatic N) is 3. The number of hydrogen-bond donors (Lipinski definition) is 2. The van der Waals surface area contributed by atoms with E-state index in [1.54, 1.807) is 16.9 Å². The average molecular weight is 468 g/mol. The zero-order valence-electron chi connectivity index (χ0n) is 18.0. The molecule has 0 unspecified atom stereocenters. The first-order chi connectivity index (χ1) is 15.7. The molecule has 1 heterocycles. The van der Waals surface area contributed by atoms with Crippen molar-refractivity contribution in [1.29, 1.82) is 0 Å². The van der Waals surface area contributed by atoms with Crippen LogP contribution in [0.15, 0.2) is 77.8 Å². The van der Waals surface area contributed by atoms with E-state index in [1.807, 2.05) is 31.2 Å². The summed E-state index contributed by atoms with van der Waals surface area (Å²) in [6.45, 7) is 1.89. The van der Waals surface area contributed by atoms with Gasteiger partial charge in [-0.15, -0.1) is 0 Å². The van der Waals surface area contributed by atoms with Crippen LogP contribution in [0.3, 0.4) is 0 Å². The Balaban J connectivity index is 1.77. The van der Waals surface area contributed by atoms with E-state index in [0.29, 0.717) is 11.3 Å². The molecule has 0 atom stereocenters. The molecule has 0 bridgehead atoms. The molecular formula is C24H22FN3O4S. The van der Waals surface area contributed by atoms with Gasteiger partial charge in [0.05, 0.1) is 17.6 Å². The van der Waals surface area contributed by atoms with Gasteiger partial charge in [0.1, 0.15) is 22.2 Å². The number of rotatable bonds is 6. The van der Waals surface area contributed by atoms with Gasteiger partial charge in [0.15, 0.2) is 0 Å². The van der Waals surface area contributed by atoms with Crippen LogP contribution in [0.2, 0.25) is 0 Å². The van der Waals surface area contributed by atoms with E-state index in [9.17, 15) is 23.0 Å². The third kappa shape index (κ3) is 4.33. The van der Waals surface area contributed by atoms with Gasteiger partial charge < -0.3 is 10.2 Å². The summed E-state index contributed by atoms with van der Waals surface area (Å²) >= 11 is 0. The number of halogens is 1. The predicted molar refractivity (Wildman–Crippen MR) is 122 cm³/mol. The van der Waals surface area contributed by atoms with Crippen LogP contribution in [-0.2, 0) is 16.6 Å². The van der Waals surface area contributed by atoms with E-state index in [-0.39, 0.29) is 22.8 Å². The summed E-state index contributed by atoms with van der Waals surface area (Å²) in [6.07, 6.45) is 1.54. The van der Waals surface area contributed by atoms with Crippen molar-refractivity contribution in [2.24, 2.45) is 0 Å². The first-order valence-electron chi connectivity index (χ1n) is 10.1. The lowest BCUT2D eigenvalue weighted by Gasteiger charge is -2.19. The highest BCUT2D eigenvalue weighted by Crippen LogP contribution is 2.38. The molecule has 0 aliphatic heterocycles. The topological polar surface area (TPSA) is 95.7 Å². The van der Waals surface area contributed by atoms with Gasteiger partial charge >= 0.3 is 0 Å². The lowest BCUT2D eigenvalue weighted by Crippen LogP contribution is -2.26. The van der Waals surface area contributed by atoms with Gasteiger partial charge in [0.2, 0.25) is 10.0 Å². The Morgan fingerprint density at radius 1 is 1.00 bits per heavy atom. The number of aryl methyl sites for hydroxylation is 1. The predicted octanol–water partition coefficient (Wildman–Crippen LogP) is 4.22. The van der Waals surface area contributed by atoms with Crippen molar-refractivity contribution in [3.05, 3.63) is 89.9 Å². The van der Waals surface area contributed by atoms with Gasteiger partial charge in [-0.1, -0.05) is 30.3 Å². The Labute approximate surface area is 191 Å². The Hall–Kier alpha value is -3.69. The Morgan fingerprint density at radius 2 is 1.70 bits per heavy atom. The molecule has 4 rings (SSSR count). The van der Waals surface area contributed by atoms with Gasteiger partial charge in [-0.2, -0.15) is 9.40 Å². The van der Waals surface area contributed by atoms with Crippen molar-refractivity contribution < 1.29 is 23.0 Å². The van der Waals surface area contributed by atoms with E-state index in [2.05, 4.69) is 5.10 Å². The molecule has 7 nitrogen and oxygen atoms in total. The summed E-state index contributed by atoms with van der Waals surface area (Å²) in [5, 5.41) is 25.3. The summed E-state index contributed by atoms with van der Waals surface area (Å²) in [7, 11) is -2.78. The number of hydrogen-bond acceptors (Lipinski definition) is 5. The number of sulfonamides is 1. The van der Waals surface area contributed by atoms with Gasteiger partial charge in [0, 0.05) is 25.2 Å². The van der Waals surface area contributed by atoms with E-state index in [4.69, 9.17) is 0 Å². The van der Waals surface area contributed by atoms with Crippen molar-refractivity contribution in [2.45, 2.75) is 18.4 Å². The van der Waals surface area contributed by atoms with Gasteiger partial charge in [0.25, 0.3) is 0 Å². The highest BCUT2D eigenvalue weighted by Gasteiger charge is 2.27. The van der Waals surface area contributed by atoms with Gasteiger partial charge in [-0.05, 0) is 48.4 Å². The monoisotopic (exact) mass is 467 g/mol. The number of aromatic hydroxyl groups is 2. The lowest BCUT2D eigenvalue weighted by molar-refractivity contribution is 0.430. The van der Waals surface area contributed by atoms with Crippen LogP contribution in [0, 0.1) is 12.7 Å². The number of phenols is 2. The highest BCUT2D eigenvalue weighted by atomic mass is 32.2. The maximum atomic E-state index is 13.3. The quantitative estimate of drug-likeness (QED) is 0.443. The first kappa shape index (κ1) is 22.5. The maximum absolute atomic E-state index is 13.3. The van der Waals surface area contributed by atoms with E-state index in [1.165, 1.54) is 37.4 Å². The van der Waals surface area contributed by atoms with Crippen LogP contribution in [0.4, 0.5) is 4.39 Å². The maximum Gasteiger partial charge on any atom is 0.246 e. The molecule has 9 heteroatoms. The summed E-state index contributed by atoms with van der Waals surface area (Å²) < 4.78 is 42.3. The third-order valence-corrected chi connectivity index (χ3v) is 7.18. The Bertz CT molecular complexity index is 1420. The summed E-state index contributed by atoms with van der Waals surface area (Å²) in [5.41, 5.74) is 2.94. The molecular weight excluding hydrogens is 445 g/mol. The normalized spacial score (nSPS) is 11.8. The van der Waals surface area contributed by atoms with Gasteiger partial charge in [-0.3, -0.25) is 0 Å². The second-order valence-corrected chi connectivity index (χ2v) is 9.65. The molecule has 33 heavy (non-hydrogen) atoms. The van der Waals surface area contributed by atoms with Crippen LogP contribution < -0.4 is 0 Å². The molecule has 2 N–H and O–H groups in total. The van der Waals surface area contributed by atoms with Crippen LogP contribution >= 0.6 is 0 Å². The minimum Gasteiger partial charge on any atom is -0.507 e. The molecule has 0 saturated carbocycles. The molecule has 0 fully saturated rings. The first-order valence-corrected chi connectivity index (χ1v) is 11.5.